The van der Waals surface area contributed by atoms with Crippen LogP contribution < -0.4 is 0 Å². The minimum atomic E-state index is 0.0926. The molecule has 80 valence electrons. The van der Waals surface area contributed by atoms with Gasteiger partial charge in [0.2, 0.25) is 0 Å². The average Bonchev–Trinajstić information content (AvgIpc) is 2.29. The van der Waals surface area contributed by atoms with Crippen molar-refractivity contribution in [1.82, 2.24) is 0 Å². The van der Waals surface area contributed by atoms with Gasteiger partial charge in [-0.3, -0.25) is 4.79 Å². The normalized spacial score (nSPS) is 10.1. The van der Waals surface area contributed by atoms with Crippen LogP contribution in [0, 0.1) is 7.14 Å². The predicted octanol–water partition coefficient (Wildman–Crippen LogP) is 4.13. The molecule has 0 radical (unpaired) electrons. The monoisotopic (exact) mass is 434 g/mol. The lowest BCUT2D eigenvalue weighted by atomic mass is 10.0. The molecule has 0 unspecified atom stereocenters. The molecule has 0 aromatic heterocycles. The third-order valence-corrected chi connectivity index (χ3v) is 4.12. The molecule has 3 heteroatoms. The number of carbonyl (C=O) groups excluding carboxylic acids is 1. The van der Waals surface area contributed by atoms with Crippen molar-refractivity contribution in [2.24, 2.45) is 0 Å². The van der Waals surface area contributed by atoms with Crippen molar-refractivity contribution >= 4 is 51.0 Å². The SMILES string of the molecule is O=C(c1ccccc1I)c1ccccc1I. The Bertz CT molecular complexity index is 487. The predicted molar refractivity (Wildman–Crippen MR) is 81.8 cm³/mol. The van der Waals surface area contributed by atoms with E-state index in [0.717, 1.165) is 18.3 Å². The first-order valence-electron chi connectivity index (χ1n) is 4.74. The van der Waals surface area contributed by atoms with Crippen LogP contribution in [0.3, 0.4) is 0 Å². The van der Waals surface area contributed by atoms with E-state index in [1.54, 1.807) is 0 Å². The molecule has 0 aliphatic rings. The highest BCUT2D eigenvalue weighted by Crippen LogP contribution is 2.19. The van der Waals surface area contributed by atoms with Gasteiger partial charge in [-0.1, -0.05) is 24.3 Å². The van der Waals surface area contributed by atoms with Crippen molar-refractivity contribution in [3.8, 4) is 0 Å². The molecule has 2 rings (SSSR count). The standard InChI is InChI=1S/C13H8I2O/c14-11-7-3-1-5-9(11)13(16)10-6-2-4-8-12(10)15/h1-8H. The molecular formula is C13H8I2O. The molecule has 0 saturated heterocycles. The molecular weight excluding hydrogens is 426 g/mol. The van der Waals surface area contributed by atoms with Gasteiger partial charge in [0.25, 0.3) is 0 Å². The fourth-order valence-corrected chi connectivity index (χ4v) is 2.70. The number of halogens is 2. The Morgan fingerprint density at radius 3 is 1.50 bits per heavy atom. The van der Waals surface area contributed by atoms with Gasteiger partial charge in [0.15, 0.2) is 5.78 Å². The minimum Gasteiger partial charge on any atom is -0.289 e. The number of benzene rings is 2. The van der Waals surface area contributed by atoms with E-state index in [4.69, 9.17) is 0 Å². The molecule has 2 aromatic rings. The molecule has 0 fully saturated rings. The highest BCUT2D eigenvalue weighted by Gasteiger charge is 2.13. The maximum atomic E-state index is 12.3. The second-order valence-corrected chi connectivity index (χ2v) is 5.61. The smallest absolute Gasteiger partial charge is 0.195 e. The minimum absolute atomic E-state index is 0.0926. The van der Waals surface area contributed by atoms with Gasteiger partial charge in [0, 0.05) is 18.3 Å². The second kappa shape index (κ2) is 5.27. The molecule has 0 atom stereocenters. The molecule has 2 aromatic carbocycles. The summed E-state index contributed by atoms with van der Waals surface area (Å²) in [4.78, 5) is 12.3. The van der Waals surface area contributed by atoms with Crippen LogP contribution in [0.2, 0.25) is 0 Å². The summed E-state index contributed by atoms with van der Waals surface area (Å²) in [5, 5.41) is 0. The first-order chi connectivity index (χ1) is 7.70. The number of rotatable bonds is 2. The summed E-state index contributed by atoms with van der Waals surface area (Å²) in [6.45, 7) is 0. The van der Waals surface area contributed by atoms with Crippen molar-refractivity contribution < 1.29 is 4.79 Å². The summed E-state index contributed by atoms with van der Waals surface area (Å²) >= 11 is 4.38. The van der Waals surface area contributed by atoms with Crippen molar-refractivity contribution in [3.05, 3.63) is 66.8 Å². The lowest BCUT2D eigenvalue weighted by Gasteiger charge is -2.05. The summed E-state index contributed by atoms with van der Waals surface area (Å²) in [7, 11) is 0. The largest absolute Gasteiger partial charge is 0.289 e. The average molecular weight is 434 g/mol. The maximum Gasteiger partial charge on any atom is 0.195 e. The fraction of sp³-hybridized carbons (Fsp3) is 0. The zero-order chi connectivity index (χ0) is 11.5. The summed E-state index contributed by atoms with van der Waals surface area (Å²) in [6.07, 6.45) is 0. The second-order valence-electron chi connectivity index (χ2n) is 3.29. The zero-order valence-corrected chi connectivity index (χ0v) is 12.6. The molecule has 0 saturated carbocycles. The van der Waals surface area contributed by atoms with Gasteiger partial charge >= 0.3 is 0 Å². The van der Waals surface area contributed by atoms with Crippen LogP contribution in [0.1, 0.15) is 15.9 Å². The third kappa shape index (κ3) is 2.45. The Labute approximate surface area is 122 Å². The maximum absolute atomic E-state index is 12.3. The summed E-state index contributed by atoms with van der Waals surface area (Å²) in [5.74, 6) is 0.0926. The first kappa shape index (κ1) is 12.0. The van der Waals surface area contributed by atoms with Crippen molar-refractivity contribution in [2.45, 2.75) is 0 Å². The Morgan fingerprint density at radius 2 is 1.12 bits per heavy atom. The van der Waals surface area contributed by atoms with Crippen molar-refractivity contribution in [3.63, 3.8) is 0 Å². The topological polar surface area (TPSA) is 17.1 Å². The molecule has 0 aliphatic carbocycles. The van der Waals surface area contributed by atoms with E-state index in [0.29, 0.717) is 0 Å². The molecule has 1 nitrogen and oxygen atoms in total. The van der Waals surface area contributed by atoms with Crippen LogP contribution in [0.4, 0.5) is 0 Å². The number of carbonyl (C=O) groups is 1. The Hall–Kier alpha value is -0.430. The van der Waals surface area contributed by atoms with E-state index in [-0.39, 0.29) is 5.78 Å². The van der Waals surface area contributed by atoms with Crippen LogP contribution in [0.25, 0.3) is 0 Å². The van der Waals surface area contributed by atoms with E-state index < -0.39 is 0 Å². The molecule has 0 amide bonds. The van der Waals surface area contributed by atoms with Crippen LogP contribution >= 0.6 is 45.2 Å². The molecule has 0 bridgehead atoms. The van der Waals surface area contributed by atoms with Gasteiger partial charge in [-0.15, -0.1) is 0 Å². The van der Waals surface area contributed by atoms with Crippen molar-refractivity contribution in [1.29, 1.82) is 0 Å². The van der Waals surface area contributed by atoms with Crippen LogP contribution in [0.15, 0.2) is 48.5 Å². The Morgan fingerprint density at radius 1 is 0.750 bits per heavy atom. The van der Waals surface area contributed by atoms with Crippen molar-refractivity contribution in [2.75, 3.05) is 0 Å². The fourth-order valence-electron chi connectivity index (χ4n) is 1.44. The molecule has 0 aliphatic heterocycles. The van der Waals surface area contributed by atoms with E-state index in [2.05, 4.69) is 45.2 Å². The van der Waals surface area contributed by atoms with E-state index in [9.17, 15) is 4.79 Å². The van der Waals surface area contributed by atoms with E-state index in [1.807, 2.05) is 48.5 Å². The van der Waals surface area contributed by atoms with Gasteiger partial charge in [-0.05, 0) is 69.4 Å². The van der Waals surface area contributed by atoms with Gasteiger partial charge in [0.05, 0.1) is 0 Å². The van der Waals surface area contributed by atoms with Gasteiger partial charge in [-0.25, -0.2) is 0 Å². The highest BCUT2D eigenvalue weighted by atomic mass is 127. The molecule has 0 heterocycles. The van der Waals surface area contributed by atoms with E-state index in [1.165, 1.54) is 0 Å². The molecule has 0 N–H and O–H groups in total. The zero-order valence-electron chi connectivity index (χ0n) is 8.28. The van der Waals surface area contributed by atoms with Gasteiger partial charge < -0.3 is 0 Å². The lowest BCUT2D eigenvalue weighted by Crippen LogP contribution is -2.05. The first-order valence-corrected chi connectivity index (χ1v) is 6.89. The van der Waals surface area contributed by atoms with Gasteiger partial charge in [-0.2, -0.15) is 0 Å². The third-order valence-electron chi connectivity index (χ3n) is 2.24. The quantitative estimate of drug-likeness (QED) is 0.514. The summed E-state index contributed by atoms with van der Waals surface area (Å²) < 4.78 is 1.98. The highest BCUT2D eigenvalue weighted by molar-refractivity contribution is 14.1. The molecule has 16 heavy (non-hydrogen) atoms. The number of ketones is 1. The van der Waals surface area contributed by atoms with Gasteiger partial charge in [0.1, 0.15) is 0 Å². The Balaban J connectivity index is 2.48. The molecule has 0 spiro atoms. The number of hydrogen-bond donors (Lipinski definition) is 0. The Kier molecular flexibility index (Phi) is 3.96. The summed E-state index contributed by atoms with van der Waals surface area (Å²) in [6, 6.07) is 15.3. The van der Waals surface area contributed by atoms with Crippen LogP contribution in [0.5, 0.6) is 0 Å². The van der Waals surface area contributed by atoms with E-state index >= 15 is 0 Å². The number of hydrogen-bond acceptors (Lipinski definition) is 1. The summed E-state index contributed by atoms with van der Waals surface area (Å²) in [5.41, 5.74) is 1.54. The van der Waals surface area contributed by atoms with Crippen LogP contribution in [-0.2, 0) is 0 Å². The van der Waals surface area contributed by atoms with Crippen LogP contribution in [-0.4, -0.2) is 5.78 Å². The lowest BCUT2D eigenvalue weighted by molar-refractivity contribution is 0.103.